The van der Waals surface area contributed by atoms with Gasteiger partial charge in [-0.05, 0) is 13.3 Å². The predicted octanol–water partition coefficient (Wildman–Crippen LogP) is 1.05. The molecule has 0 radical (unpaired) electrons. The molecule has 0 saturated heterocycles. The minimum absolute atomic E-state index is 0.0800. The molecule has 0 fully saturated rings. The van der Waals surface area contributed by atoms with E-state index < -0.39 is 67.0 Å². The van der Waals surface area contributed by atoms with Gasteiger partial charge < -0.3 is 33.3 Å². The zero-order chi connectivity index (χ0) is 26.5. The van der Waals surface area contributed by atoms with Crippen LogP contribution in [0.15, 0.2) is 5.16 Å². The molecule has 0 saturated carbocycles. The second-order valence-corrected chi connectivity index (χ2v) is 7.61. The highest BCUT2D eigenvalue weighted by Gasteiger charge is 2.45. The summed E-state index contributed by atoms with van der Waals surface area (Å²) in [6.07, 6.45) is -4.44. The largest absolute Gasteiger partial charge is 0.466 e. The van der Waals surface area contributed by atoms with Crippen LogP contribution in [0.3, 0.4) is 0 Å². The number of carbonyl (C=O) groups excluding carboxylic acids is 5. The van der Waals surface area contributed by atoms with Gasteiger partial charge in [-0.25, -0.2) is 0 Å². The highest BCUT2D eigenvalue weighted by molar-refractivity contribution is 5.88. The van der Waals surface area contributed by atoms with Crippen molar-refractivity contribution in [2.45, 2.75) is 79.0 Å². The van der Waals surface area contributed by atoms with Crippen molar-refractivity contribution in [2.24, 2.45) is 11.1 Å². The van der Waals surface area contributed by atoms with Crippen molar-refractivity contribution in [1.29, 1.82) is 0 Å². The average Bonchev–Trinajstić information content (AvgIpc) is 3.19. The van der Waals surface area contributed by atoms with Crippen LogP contribution >= 0.6 is 0 Å². The minimum atomic E-state index is -1.41. The lowest BCUT2D eigenvalue weighted by atomic mass is 9.86. The summed E-state index contributed by atoms with van der Waals surface area (Å²) in [6.45, 7) is 7.31. The van der Waals surface area contributed by atoms with Crippen molar-refractivity contribution in [3.8, 4) is 0 Å². The van der Waals surface area contributed by atoms with E-state index in [4.69, 9.17) is 33.3 Å². The van der Waals surface area contributed by atoms with Gasteiger partial charge in [0.15, 0.2) is 18.3 Å². The van der Waals surface area contributed by atoms with Gasteiger partial charge in [-0.3, -0.25) is 24.0 Å². The maximum atomic E-state index is 12.1. The Bertz CT molecular complexity index is 795. The van der Waals surface area contributed by atoms with Crippen LogP contribution in [0.2, 0.25) is 0 Å². The molecule has 0 amide bonds. The first-order chi connectivity index (χ1) is 16.4. The van der Waals surface area contributed by atoms with Gasteiger partial charge in [-0.1, -0.05) is 5.16 Å². The molecule has 0 spiro atoms. The summed E-state index contributed by atoms with van der Waals surface area (Å²) in [5.74, 6) is -4.29. The molecule has 1 heterocycles. The zero-order valence-electron chi connectivity index (χ0n) is 20.8. The van der Waals surface area contributed by atoms with Crippen molar-refractivity contribution < 1.29 is 57.2 Å². The van der Waals surface area contributed by atoms with Crippen LogP contribution in [-0.4, -0.2) is 80.0 Å². The molecule has 1 aliphatic heterocycles. The first-order valence-electron chi connectivity index (χ1n) is 11.1. The van der Waals surface area contributed by atoms with Crippen molar-refractivity contribution in [1.82, 2.24) is 0 Å². The Hall–Kier alpha value is -3.22. The Morgan fingerprint density at radius 1 is 0.857 bits per heavy atom. The van der Waals surface area contributed by atoms with Crippen LogP contribution in [0.5, 0.6) is 0 Å². The second kappa shape index (κ2) is 14.9. The highest BCUT2D eigenvalue weighted by Crippen LogP contribution is 2.29. The fraction of sp³-hybridized carbons (Fsp3) is 0.727. The number of carbonyl (C=O) groups is 5. The van der Waals surface area contributed by atoms with Gasteiger partial charge in [0.25, 0.3) is 0 Å². The number of esters is 5. The fourth-order valence-electron chi connectivity index (χ4n) is 3.44. The maximum absolute atomic E-state index is 12.1. The van der Waals surface area contributed by atoms with Gasteiger partial charge in [-0.15, -0.1) is 0 Å². The average molecular weight is 504 g/mol. The molecule has 198 valence electrons. The minimum Gasteiger partial charge on any atom is -0.466 e. The van der Waals surface area contributed by atoms with Crippen molar-refractivity contribution in [3.63, 3.8) is 0 Å². The summed E-state index contributed by atoms with van der Waals surface area (Å²) in [5, 5.41) is 4.04. The lowest BCUT2D eigenvalue weighted by molar-refractivity contribution is -0.192. The third-order valence-electron chi connectivity index (χ3n) is 4.64. The van der Waals surface area contributed by atoms with Gasteiger partial charge in [0.05, 0.1) is 18.7 Å². The molecule has 0 unspecified atom stereocenters. The smallest absolute Gasteiger partial charge is 0.303 e. The SMILES string of the molecule is CCO[C@H]1CC([C@@H](CCOC(C)=O)[C@@H](OC(C)=O)[C@H](OC(C)=O)[C@@H](COC(C)=O)OC(C)=O)=NO1. The van der Waals surface area contributed by atoms with Crippen LogP contribution in [-0.2, 0) is 57.2 Å². The molecule has 1 rings (SSSR count). The molecule has 0 aliphatic carbocycles. The van der Waals surface area contributed by atoms with Gasteiger partial charge >= 0.3 is 29.8 Å². The fourth-order valence-corrected chi connectivity index (χ4v) is 3.44. The normalized spacial score (nSPS) is 18.1. The van der Waals surface area contributed by atoms with Gasteiger partial charge in [0.2, 0.25) is 6.29 Å². The quantitative estimate of drug-likeness (QED) is 0.245. The Labute approximate surface area is 203 Å². The van der Waals surface area contributed by atoms with Gasteiger partial charge in [0, 0.05) is 47.1 Å². The van der Waals surface area contributed by atoms with E-state index >= 15 is 0 Å². The molecular weight excluding hydrogens is 470 g/mol. The molecule has 0 N–H and O–H groups in total. The van der Waals surface area contributed by atoms with Crippen LogP contribution in [0.1, 0.15) is 54.4 Å². The Morgan fingerprint density at radius 2 is 1.43 bits per heavy atom. The summed E-state index contributed by atoms with van der Waals surface area (Å²) in [4.78, 5) is 63.9. The number of rotatable bonds is 14. The van der Waals surface area contributed by atoms with Crippen molar-refractivity contribution >= 4 is 35.6 Å². The van der Waals surface area contributed by atoms with Crippen LogP contribution in [0, 0.1) is 5.92 Å². The molecule has 0 aromatic rings. The molecule has 0 bridgehead atoms. The van der Waals surface area contributed by atoms with E-state index in [2.05, 4.69) is 5.16 Å². The summed E-state index contributed by atoms with van der Waals surface area (Å²) < 4.78 is 31.7. The molecule has 13 heteroatoms. The van der Waals surface area contributed by atoms with Crippen molar-refractivity contribution in [3.05, 3.63) is 0 Å². The molecule has 5 atom stereocenters. The van der Waals surface area contributed by atoms with E-state index in [9.17, 15) is 24.0 Å². The highest BCUT2D eigenvalue weighted by atomic mass is 16.8. The number of hydrogen-bond acceptors (Lipinski definition) is 13. The van der Waals surface area contributed by atoms with E-state index in [0.29, 0.717) is 12.3 Å². The van der Waals surface area contributed by atoms with E-state index in [-0.39, 0.29) is 19.4 Å². The second-order valence-electron chi connectivity index (χ2n) is 7.61. The first-order valence-corrected chi connectivity index (χ1v) is 11.1. The number of hydrogen-bond donors (Lipinski definition) is 0. The molecule has 13 nitrogen and oxygen atoms in total. The zero-order valence-corrected chi connectivity index (χ0v) is 20.8. The lowest BCUT2D eigenvalue weighted by Gasteiger charge is -2.35. The lowest BCUT2D eigenvalue weighted by Crippen LogP contribution is -2.52. The summed E-state index contributed by atoms with van der Waals surface area (Å²) >= 11 is 0. The third-order valence-corrected chi connectivity index (χ3v) is 4.64. The number of oxime groups is 1. The van der Waals surface area contributed by atoms with Gasteiger partial charge in [0.1, 0.15) is 6.61 Å². The molecular formula is C22H33NO12. The van der Waals surface area contributed by atoms with Crippen LogP contribution in [0.25, 0.3) is 0 Å². The molecule has 0 aromatic heterocycles. The maximum Gasteiger partial charge on any atom is 0.303 e. The Morgan fingerprint density at radius 3 is 1.94 bits per heavy atom. The van der Waals surface area contributed by atoms with Gasteiger partial charge in [-0.2, -0.15) is 0 Å². The molecule has 0 aromatic carbocycles. The summed E-state index contributed by atoms with van der Waals surface area (Å²) in [6, 6.07) is 0. The third kappa shape index (κ3) is 11.2. The number of nitrogens with zero attached hydrogens (tertiary/aromatic N) is 1. The van der Waals surface area contributed by atoms with E-state index in [1.54, 1.807) is 6.92 Å². The number of ether oxygens (including phenoxy) is 6. The first kappa shape index (κ1) is 29.8. The van der Waals surface area contributed by atoms with Crippen LogP contribution in [0.4, 0.5) is 0 Å². The van der Waals surface area contributed by atoms with E-state index in [1.807, 2.05) is 0 Å². The Kier molecular flexibility index (Phi) is 12.7. The summed E-state index contributed by atoms with van der Waals surface area (Å²) in [7, 11) is 0. The Balaban J connectivity index is 3.45. The van der Waals surface area contributed by atoms with Crippen molar-refractivity contribution in [2.75, 3.05) is 19.8 Å². The summed E-state index contributed by atoms with van der Waals surface area (Å²) in [5.41, 5.74) is 0.382. The molecule has 35 heavy (non-hydrogen) atoms. The topological polar surface area (TPSA) is 162 Å². The van der Waals surface area contributed by atoms with Crippen LogP contribution < -0.4 is 0 Å². The van der Waals surface area contributed by atoms with E-state index in [1.165, 1.54) is 6.92 Å². The molecule has 1 aliphatic rings. The standard InChI is InChI=1S/C22H33NO12/c1-7-29-20-10-18(23-35-20)17(8-9-30-12(2)24)21(33-15(5)27)22(34-16(6)28)19(32-14(4)26)11-31-13(3)25/h17,19-22H,7-11H2,1-6H3/t17-,19-,20-,21-,22-/m1/s1. The van der Waals surface area contributed by atoms with E-state index in [0.717, 1.165) is 27.7 Å². The monoisotopic (exact) mass is 503 g/mol. The predicted molar refractivity (Wildman–Crippen MR) is 117 cm³/mol.